The number of carbonyl (C=O) groups excluding carboxylic acids is 2. The lowest BCUT2D eigenvalue weighted by molar-refractivity contribution is 0.00572. The number of ether oxygens (including phenoxy) is 1. The quantitative estimate of drug-likeness (QED) is 0.511. The molecule has 5 rings (SSSR count). The highest BCUT2D eigenvalue weighted by Gasteiger charge is 2.33. The van der Waals surface area contributed by atoms with Crippen molar-refractivity contribution in [2.24, 2.45) is 7.05 Å². The molecule has 1 fully saturated rings. The smallest absolute Gasteiger partial charge is 0.390 e. The maximum atomic E-state index is 12.6. The van der Waals surface area contributed by atoms with Crippen molar-refractivity contribution >= 4 is 23.3 Å². The van der Waals surface area contributed by atoms with Gasteiger partial charge in [0.15, 0.2) is 0 Å². The van der Waals surface area contributed by atoms with Crippen LogP contribution in [0.2, 0.25) is 0 Å². The number of imidazole rings is 1. The molecule has 0 spiro atoms. The molecule has 10 heteroatoms. The number of hydrogen-bond donors (Lipinski definition) is 2. The van der Waals surface area contributed by atoms with Gasteiger partial charge in [-0.15, -0.1) is 0 Å². The largest absolute Gasteiger partial charge is 0.418 e. The molecule has 0 saturated carbocycles. The number of β-amino-alcohol motifs (C(OH)–C–C–N with tert-alkyl or cyclic N) is 1. The van der Waals surface area contributed by atoms with Gasteiger partial charge in [0, 0.05) is 49.8 Å². The van der Waals surface area contributed by atoms with Crippen molar-refractivity contribution in [3.63, 3.8) is 0 Å². The molecule has 1 aliphatic heterocycles. The Balaban J connectivity index is 1.31. The first-order chi connectivity index (χ1) is 15.5. The fourth-order valence-electron chi connectivity index (χ4n) is 3.52. The van der Waals surface area contributed by atoms with E-state index in [0.29, 0.717) is 11.3 Å². The summed E-state index contributed by atoms with van der Waals surface area (Å²) >= 11 is 0. The molecule has 2 N–H and O–H groups in total. The van der Waals surface area contributed by atoms with Gasteiger partial charge in [0.25, 0.3) is 5.91 Å². The zero-order valence-electron chi connectivity index (χ0n) is 17.2. The van der Waals surface area contributed by atoms with Crippen molar-refractivity contribution in [3.8, 4) is 17.1 Å². The number of aromatic nitrogens is 4. The maximum Gasteiger partial charge on any atom is 0.418 e. The summed E-state index contributed by atoms with van der Waals surface area (Å²) in [7, 11) is 1.58. The van der Waals surface area contributed by atoms with Gasteiger partial charge in [-0.25, -0.2) is 14.5 Å². The van der Waals surface area contributed by atoms with Crippen molar-refractivity contribution in [2.75, 3.05) is 18.4 Å². The number of anilines is 1. The molecule has 0 unspecified atom stereocenters. The second-order valence-corrected chi connectivity index (χ2v) is 7.54. The third-order valence-electron chi connectivity index (χ3n) is 5.23. The van der Waals surface area contributed by atoms with Crippen LogP contribution in [-0.4, -0.2) is 60.4 Å². The van der Waals surface area contributed by atoms with E-state index in [1.165, 1.54) is 15.8 Å². The van der Waals surface area contributed by atoms with Crippen molar-refractivity contribution in [2.45, 2.75) is 6.10 Å². The number of nitrogens with zero attached hydrogens (tertiary/aromatic N) is 5. The highest BCUT2D eigenvalue weighted by atomic mass is 16.6. The van der Waals surface area contributed by atoms with E-state index in [2.05, 4.69) is 15.4 Å². The molecule has 10 nitrogen and oxygen atoms in total. The summed E-state index contributed by atoms with van der Waals surface area (Å²) < 4.78 is 8.56. The zero-order chi connectivity index (χ0) is 22.2. The van der Waals surface area contributed by atoms with E-state index in [-0.39, 0.29) is 30.4 Å². The zero-order valence-corrected chi connectivity index (χ0v) is 17.2. The molecule has 1 saturated heterocycles. The summed E-state index contributed by atoms with van der Waals surface area (Å²) in [5, 5.41) is 16.1. The van der Waals surface area contributed by atoms with Crippen molar-refractivity contribution in [3.05, 3.63) is 66.6 Å². The summed E-state index contributed by atoms with van der Waals surface area (Å²) in [5.74, 6) is -0.319. The van der Waals surface area contributed by atoms with Gasteiger partial charge in [-0.1, -0.05) is 30.3 Å². The average Bonchev–Trinajstić information content (AvgIpc) is 3.35. The predicted molar refractivity (Wildman–Crippen MR) is 115 cm³/mol. The van der Waals surface area contributed by atoms with Crippen LogP contribution in [0.25, 0.3) is 16.9 Å². The number of hydrogen-bond acceptors (Lipinski definition) is 6. The number of carbonyl (C=O) groups is 2. The van der Waals surface area contributed by atoms with Gasteiger partial charge in [-0.05, 0) is 6.07 Å². The number of fused-ring (bicyclic) bond motifs is 1. The molecule has 0 atom stereocenters. The molecule has 4 aromatic rings. The van der Waals surface area contributed by atoms with Gasteiger partial charge in [0.2, 0.25) is 5.88 Å². The van der Waals surface area contributed by atoms with Crippen LogP contribution in [0.5, 0.6) is 5.88 Å². The maximum absolute atomic E-state index is 12.6. The first-order valence-electron chi connectivity index (χ1n) is 10.0. The number of aliphatic hydroxyl groups is 1. The molecule has 0 aliphatic carbocycles. The Bertz CT molecular complexity index is 1310. The number of pyridine rings is 1. The number of rotatable bonds is 4. The standard InChI is InChI=1S/C22H20N6O4/c1-26-21(17(10-23-26)20(30)28-11-16(29)12-28)32-22(31)24-15-7-8-27-13-18(25-19(27)9-15)14-5-3-2-4-6-14/h2-10,13,16,29H,11-12H2,1H3,(H,24,31). The van der Waals surface area contributed by atoms with Crippen LogP contribution in [0.15, 0.2) is 61.1 Å². The van der Waals surface area contributed by atoms with Crippen molar-refractivity contribution < 1.29 is 19.4 Å². The van der Waals surface area contributed by atoms with Crippen LogP contribution in [0, 0.1) is 0 Å². The van der Waals surface area contributed by atoms with Crippen LogP contribution in [0.1, 0.15) is 10.4 Å². The molecule has 1 aromatic carbocycles. The molecule has 2 amide bonds. The van der Waals surface area contributed by atoms with Gasteiger partial charge < -0.3 is 19.1 Å². The fraction of sp³-hybridized carbons (Fsp3) is 0.182. The van der Waals surface area contributed by atoms with Crippen molar-refractivity contribution in [1.29, 1.82) is 0 Å². The third-order valence-corrected chi connectivity index (χ3v) is 5.23. The van der Waals surface area contributed by atoms with Crippen LogP contribution in [0.4, 0.5) is 10.5 Å². The Morgan fingerprint density at radius 1 is 1.19 bits per heavy atom. The summed E-state index contributed by atoms with van der Waals surface area (Å²) in [6, 6.07) is 13.2. The molecule has 162 valence electrons. The van der Waals surface area contributed by atoms with E-state index in [0.717, 1.165) is 11.3 Å². The van der Waals surface area contributed by atoms with Gasteiger partial charge in [0.05, 0.1) is 18.0 Å². The number of aryl methyl sites for hydroxylation is 1. The lowest BCUT2D eigenvalue weighted by Gasteiger charge is -2.35. The fourth-order valence-corrected chi connectivity index (χ4v) is 3.52. The lowest BCUT2D eigenvalue weighted by Crippen LogP contribution is -2.53. The van der Waals surface area contributed by atoms with E-state index in [1.54, 1.807) is 25.4 Å². The molecular weight excluding hydrogens is 412 g/mol. The first-order valence-corrected chi connectivity index (χ1v) is 10.0. The van der Waals surface area contributed by atoms with E-state index in [4.69, 9.17) is 4.74 Å². The predicted octanol–water partition coefficient (Wildman–Crippen LogP) is 2.16. The van der Waals surface area contributed by atoms with Crippen LogP contribution >= 0.6 is 0 Å². The lowest BCUT2D eigenvalue weighted by atomic mass is 10.1. The number of amides is 2. The molecular formula is C22H20N6O4. The topological polar surface area (TPSA) is 114 Å². The minimum Gasteiger partial charge on any atom is -0.390 e. The number of benzene rings is 1. The Kier molecular flexibility index (Phi) is 4.83. The van der Waals surface area contributed by atoms with E-state index < -0.39 is 12.2 Å². The van der Waals surface area contributed by atoms with Gasteiger partial charge in [-0.3, -0.25) is 10.1 Å². The Morgan fingerprint density at radius 2 is 1.97 bits per heavy atom. The molecule has 32 heavy (non-hydrogen) atoms. The monoisotopic (exact) mass is 432 g/mol. The van der Waals surface area contributed by atoms with Crippen LogP contribution < -0.4 is 10.1 Å². The van der Waals surface area contributed by atoms with Gasteiger partial charge in [0.1, 0.15) is 11.2 Å². The summed E-state index contributed by atoms with van der Waals surface area (Å²) in [4.78, 5) is 31.1. The van der Waals surface area contributed by atoms with Crippen LogP contribution in [-0.2, 0) is 7.05 Å². The van der Waals surface area contributed by atoms with E-state index in [9.17, 15) is 14.7 Å². The summed E-state index contributed by atoms with van der Waals surface area (Å²) in [5.41, 5.74) is 3.13. The molecule has 4 heterocycles. The first kappa shape index (κ1) is 19.8. The Morgan fingerprint density at radius 3 is 2.72 bits per heavy atom. The Hall–Kier alpha value is -4.18. The average molecular weight is 432 g/mol. The SMILES string of the molecule is Cn1ncc(C(=O)N2CC(O)C2)c1OC(=O)Nc1ccn2cc(-c3ccccc3)nc2c1. The summed E-state index contributed by atoms with van der Waals surface area (Å²) in [6.45, 7) is 0.489. The van der Waals surface area contributed by atoms with Gasteiger partial charge in [-0.2, -0.15) is 5.10 Å². The number of aliphatic hydroxyl groups excluding tert-OH is 1. The summed E-state index contributed by atoms with van der Waals surface area (Å²) in [6.07, 6.45) is 3.76. The minimum absolute atomic E-state index is 0.0298. The van der Waals surface area contributed by atoms with E-state index in [1.807, 2.05) is 40.9 Å². The number of nitrogens with one attached hydrogen (secondary N) is 1. The second-order valence-electron chi connectivity index (χ2n) is 7.54. The van der Waals surface area contributed by atoms with Gasteiger partial charge >= 0.3 is 6.09 Å². The normalized spacial score (nSPS) is 13.8. The molecule has 0 radical (unpaired) electrons. The molecule has 0 bridgehead atoms. The number of likely N-dealkylation sites (tertiary alicyclic amines) is 1. The molecule has 1 aliphatic rings. The third kappa shape index (κ3) is 3.67. The minimum atomic E-state index is -0.759. The molecule has 3 aromatic heterocycles. The van der Waals surface area contributed by atoms with Crippen molar-refractivity contribution in [1.82, 2.24) is 24.1 Å². The highest BCUT2D eigenvalue weighted by Crippen LogP contribution is 2.23. The second kappa shape index (κ2) is 7.82. The highest BCUT2D eigenvalue weighted by molar-refractivity contribution is 5.98. The Labute approximate surface area is 182 Å². The van der Waals surface area contributed by atoms with Crippen LogP contribution in [0.3, 0.4) is 0 Å². The van der Waals surface area contributed by atoms with E-state index >= 15 is 0 Å².